The zero-order valence-corrected chi connectivity index (χ0v) is 9.61. The van der Waals surface area contributed by atoms with Gasteiger partial charge in [0.05, 0.1) is 4.99 Å². The fourth-order valence-electron chi connectivity index (χ4n) is 2.36. The molecule has 0 spiro atoms. The summed E-state index contributed by atoms with van der Waals surface area (Å²) >= 11 is 5.15. The molecule has 1 heterocycles. The number of thiocarbonyl (C=S) groups is 1. The molecule has 0 aromatic heterocycles. The van der Waals surface area contributed by atoms with Gasteiger partial charge < -0.3 is 10.6 Å². The van der Waals surface area contributed by atoms with Crippen molar-refractivity contribution in [3.05, 3.63) is 0 Å². The Balaban J connectivity index is 1.86. The lowest BCUT2D eigenvalue weighted by atomic mass is 10.1. The molecule has 2 fully saturated rings. The number of hydrogen-bond acceptors (Lipinski definition) is 2. The van der Waals surface area contributed by atoms with Gasteiger partial charge in [0, 0.05) is 12.0 Å². The molecule has 2 N–H and O–H groups in total. The lowest BCUT2D eigenvalue weighted by Gasteiger charge is -2.25. The standard InChI is InChI=1S/C11H20N2S/c12-10(14)11(5-6-11)9-13-7-3-1-2-4-8-13/h1-9H2,(H2,12,14). The minimum absolute atomic E-state index is 0.236. The first-order valence-corrected chi connectivity index (χ1v) is 6.16. The van der Waals surface area contributed by atoms with E-state index in [9.17, 15) is 0 Å². The van der Waals surface area contributed by atoms with Gasteiger partial charge >= 0.3 is 0 Å². The minimum Gasteiger partial charge on any atom is -0.393 e. The van der Waals surface area contributed by atoms with Crippen LogP contribution in [0, 0.1) is 5.41 Å². The number of nitrogens with two attached hydrogens (primary N) is 1. The Hall–Kier alpha value is -0.150. The molecular formula is C11H20N2S. The van der Waals surface area contributed by atoms with E-state index in [-0.39, 0.29) is 5.41 Å². The van der Waals surface area contributed by atoms with Crippen molar-refractivity contribution in [3.8, 4) is 0 Å². The van der Waals surface area contributed by atoms with Crippen LogP contribution in [-0.4, -0.2) is 29.5 Å². The van der Waals surface area contributed by atoms with Crippen LogP contribution in [0.15, 0.2) is 0 Å². The summed E-state index contributed by atoms with van der Waals surface area (Å²) in [4.78, 5) is 3.32. The van der Waals surface area contributed by atoms with Crippen LogP contribution in [0.4, 0.5) is 0 Å². The highest BCUT2D eigenvalue weighted by atomic mass is 32.1. The third-order valence-electron chi connectivity index (χ3n) is 3.60. The molecule has 2 rings (SSSR count). The van der Waals surface area contributed by atoms with E-state index in [1.807, 2.05) is 0 Å². The summed E-state index contributed by atoms with van der Waals surface area (Å²) in [5.41, 5.74) is 6.03. The van der Waals surface area contributed by atoms with Crippen molar-refractivity contribution in [2.45, 2.75) is 38.5 Å². The highest BCUT2D eigenvalue weighted by Crippen LogP contribution is 2.46. The maximum atomic E-state index is 5.79. The average Bonchev–Trinajstić information content (AvgIpc) is 2.91. The molecule has 1 aliphatic heterocycles. The smallest absolute Gasteiger partial charge is 0.0802 e. The van der Waals surface area contributed by atoms with E-state index in [4.69, 9.17) is 18.0 Å². The summed E-state index contributed by atoms with van der Waals surface area (Å²) in [6.07, 6.45) is 7.95. The molecule has 0 atom stereocenters. The van der Waals surface area contributed by atoms with Gasteiger partial charge in [-0.05, 0) is 38.8 Å². The topological polar surface area (TPSA) is 29.3 Å². The Morgan fingerprint density at radius 1 is 1.14 bits per heavy atom. The van der Waals surface area contributed by atoms with Crippen LogP contribution in [0.2, 0.25) is 0 Å². The second-order valence-corrected chi connectivity index (χ2v) is 5.27. The van der Waals surface area contributed by atoms with Crippen LogP contribution in [0.3, 0.4) is 0 Å². The zero-order chi connectivity index (χ0) is 10.0. The predicted octanol–water partition coefficient (Wildman–Crippen LogP) is 1.93. The molecular weight excluding hydrogens is 192 g/mol. The van der Waals surface area contributed by atoms with Crippen LogP contribution in [-0.2, 0) is 0 Å². The Morgan fingerprint density at radius 3 is 2.14 bits per heavy atom. The van der Waals surface area contributed by atoms with Crippen LogP contribution in [0.1, 0.15) is 38.5 Å². The van der Waals surface area contributed by atoms with E-state index in [1.165, 1.54) is 51.6 Å². The molecule has 0 amide bonds. The van der Waals surface area contributed by atoms with Gasteiger partial charge in [-0.1, -0.05) is 25.1 Å². The van der Waals surface area contributed by atoms with Crippen molar-refractivity contribution in [2.24, 2.45) is 11.1 Å². The summed E-state index contributed by atoms with van der Waals surface area (Å²) in [7, 11) is 0. The van der Waals surface area contributed by atoms with Crippen molar-refractivity contribution in [1.29, 1.82) is 0 Å². The largest absolute Gasteiger partial charge is 0.393 e. The van der Waals surface area contributed by atoms with Gasteiger partial charge in [0.1, 0.15) is 0 Å². The van der Waals surface area contributed by atoms with Gasteiger partial charge in [0.25, 0.3) is 0 Å². The van der Waals surface area contributed by atoms with Crippen molar-refractivity contribution in [1.82, 2.24) is 4.90 Å². The minimum atomic E-state index is 0.236. The monoisotopic (exact) mass is 212 g/mol. The summed E-state index contributed by atoms with van der Waals surface area (Å²) in [5.74, 6) is 0. The van der Waals surface area contributed by atoms with E-state index in [0.717, 1.165) is 11.5 Å². The average molecular weight is 212 g/mol. The van der Waals surface area contributed by atoms with E-state index in [2.05, 4.69) is 4.90 Å². The van der Waals surface area contributed by atoms with Gasteiger partial charge in [-0.3, -0.25) is 0 Å². The molecule has 0 bridgehead atoms. The van der Waals surface area contributed by atoms with E-state index >= 15 is 0 Å². The summed E-state index contributed by atoms with van der Waals surface area (Å²) in [6.45, 7) is 3.64. The van der Waals surface area contributed by atoms with Crippen LogP contribution in [0.25, 0.3) is 0 Å². The van der Waals surface area contributed by atoms with Gasteiger partial charge in [-0.2, -0.15) is 0 Å². The van der Waals surface area contributed by atoms with Gasteiger partial charge in [-0.25, -0.2) is 0 Å². The van der Waals surface area contributed by atoms with Gasteiger partial charge in [0.2, 0.25) is 0 Å². The number of rotatable bonds is 3. The molecule has 2 nitrogen and oxygen atoms in total. The van der Waals surface area contributed by atoms with Crippen molar-refractivity contribution >= 4 is 17.2 Å². The van der Waals surface area contributed by atoms with Crippen molar-refractivity contribution < 1.29 is 0 Å². The number of hydrogen-bond donors (Lipinski definition) is 1. The number of likely N-dealkylation sites (tertiary alicyclic amines) is 1. The first-order chi connectivity index (χ1) is 6.73. The molecule has 0 aromatic carbocycles. The van der Waals surface area contributed by atoms with Crippen molar-refractivity contribution in [2.75, 3.05) is 19.6 Å². The second kappa shape index (κ2) is 4.15. The van der Waals surface area contributed by atoms with Crippen molar-refractivity contribution in [3.63, 3.8) is 0 Å². The SMILES string of the molecule is NC(=S)C1(CN2CCCCCC2)CC1. The Kier molecular flexibility index (Phi) is 3.07. The lowest BCUT2D eigenvalue weighted by molar-refractivity contribution is 0.257. The highest BCUT2D eigenvalue weighted by Gasteiger charge is 2.46. The van der Waals surface area contributed by atoms with Crippen LogP contribution in [0.5, 0.6) is 0 Å². The predicted molar refractivity (Wildman–Crippen MR) is 63.4 cm³/mol. The summed E-state index contributed by atoms with van der Waals surface area (Å²) in [5, 5.41) is 0. The second-order valence-electron chi connectivity index (χ2n) is 4.83. The molecule has 0 radical (unpaired) electrons. The molecule has 2 aliphatic rings. The van der Waals surface area contributed by atoms with Crippen LogP contribution >= 0.6 is 12.2 Å². The first-order valence-electron chi connectivity index (χ1n) is 5.75. The number of nitrogens with zero attached hydrogens (tertiary/aromatic N) is 1. The first kappa shape index (κ1) is 10.4. The lowest BCUT2D eigenvalue weighted by Crippen LogP contribution is -2.37. The summed E-state index contributed by atoms with van der Waals surface area (Å²) < 4.78 is 0. The molecule has 1 saturated carbocycles. The Labute approximate surface area is 91.8 Å². The molecule has 3 heteroatoms. The van der Waals surface area contributed by atoms with Crippen LogP contribution < -0.4 is 5.73 Å². The third-order valence-corrected chi connectivity index (χ3v) is 4.03. The summed E-state index contributed by atoms with van der Waals surface area (Å²) in [6, 6.07) is 0. The third kappa shape index (κ3) is 2.26. The molecule has 1 saturated heterocycles. The van der Waals surface area contributed by atoms with E-state index in [1.54, 1.807) is 0 Å². The Morgan fingerprint density at radius 2 is 1.71 bits per heavy atom. The van der Waals surface area contributed by atoms with Gasteiger partial charge in [0.15, 0.2) is 0 Å². The fourth-order valence-corrected chi connectivity index (χ4v) is 2.62. The van der Waals surface area contributed by atoms with Gasteiger partial charge in [-0.15, -0.1) is 0 Å². The normalized spacial score (nSPS) is 26.9. The van der Waals surface area contributed by atoms with E-state index in [0.29, 0.717) is 0 Å². The maximum Gasteiger partial charge on any atom is 0.0802 e. The van der Waals surface area contributed by atoms with E-state index < -0.39 is 0 Å². The maximum absolute atomic E-state index is 5.79. The zero-order valence-electron chi connectivity index (χ0n) is 8.80. The quantitative estimate of drug-likeness (QED) is 0.725. The molecule has 0 aromatic rings. The molecule has 1 aliphatic carbocycles. The molecule has 0 unspecified atom stereocenters. The molecule has 14 heavy (non-hydrogen) atoms. The fraction of sp³-hybridized carbons (Fsp3) is 0.909. The Bertz CT molecular complexity index is 215. The highest BCUT2D eigenvalue weighted by molar-refractivity contribution is 7.80. The molecule has 80 valence electrons.